The summed E-state index contributed by atoms with van der Waals surface area (Å²) >= 11 is 0. The van der Waals surface area contributed by atoms with Gasteiger partial charge in [0.25, 0.3) is 0 Å². The lowest BCUT2D eigenvalue weighted by molar-refractivity contribution is -0.130. The van der Waals surface area contributed by atoms with Crippen molar-refractivity contribution in [2.45, 2.75) is 18.9 Å². The van der Waals surface area contributed by atoms with Gasteiger partial charge in [0.1, 0.15) is 0 Å². The van der Waals surface area contributed by atoms with Gasteiger partial charge in [-0.1, -0.05) is 0 Å². The fourth-order valence-corrected chi connectivity index (χ4v) is 3.99. The number of hydrogen-bond donors (Lipinski definition) is 2. The molecule has 2 unspecified atom stereocenters. The van der Waals surface area contributed by atoms with Gasteiger partial charge in [-0.2, -0.15) is 0 Å². The summed E-state index contributed by atoms with van der Waals surface area (Å²) in [5.41, 5.74) is 0. The minimum Gasteiger partial charge on any atom is -0.396 e. The van der Waals surface area contributed by atoms with Crippen LogP contribution >= 0.6 is 0 Å². The standard InChI is InChI=1S/C11H20N2O4S/c14-7-9-1-3-13(6-9)11(15)5-10-8-18(16,17)4-2-12-10/h9-10,12,14H,1-8H2. The summed E-state index contributed by atoms with van der Waals surface area (Å²) in [6.45, 7) is 1.80. The van der Waals surface area contributed by atoms with E-state index in [1.807, 2.05) is 0 Å². The third-order valence-corrected chi connectivity index (χ3v) is 5.36. The van der Waals surface area contributed by atoms with Crippen molar-refractivity contribution in [1.82, 2.24) is 10.2 Å². The third kappa shape index (κ3) is 3.43. The number of carbonyl (C=O) groups excluding carboxylic acids is 1. The Balaban J connectivity index is 1.84. The molecule has 2 atom stereocenters. The lowest BCUT2D eigenvalue weighted by Crippen LogP contribution is -2.47. The largest absolute Gasteiger partial charge is 0.396 e. The van der Waals surface area contributed by atoms with Crippen LogP contribution < -0.4 is 5.32 Å². The van der Waals surface area contributed by atoms with Crippen LogP contribution in [0.3, 0.4) is 0 Å². The molecule has 1 amide bonds. The summed E-state index contributed by atoms with van der Waals surface area (Å²) < 4.78 is 22.9. The molecular weight excluding hydrogens is 256 g/mol. The van der Waals surface area contributed by atoms with E-state index >= 15 is 0 Å². The maximum atomic E-state index is 12.0. The number of carbonyl (C=O) groups is 1. The van der Waals surface area contributed by atoms with Gasteiger partial charge in [-0.15, -0.1) is 0 Å². The van der Waals surface area contributed by atoms with Crippen molar-refractivity contribution in [3.8, 4) is 0 Å². The predicted octanol–water partition coefficient (Wildman–Crippen LogP) is -1.40. The fraction of sp³-hybridized carbons (Fsp3) is 0.909. The zero-order valence-electron chi connectivity index (χ0n) is 10.3. The van der Waals surface area contributed by atoms with Crippen molar-refractivity contribution in [1.29, 1.82) is 0 Å². The highest BCUT2D eigenvalue weighted by molar-refractivity contribution is 7.91. The highest BCUT2D eigenvalue weighted by atomic mass is 32.2. The van der Waals surface area contributed by atoms with Crippen molar-refractivity contribution in [2.24, 2.45) is 5.92 Å². The number of nitrogens with zero attached hydrogens (tertiary/aromatic N) is 1. The molecule has 104 valence electrons. The minimum atomic E-state index is -2.99. The smallest absolute Gasteiger partial charge is 0.224 e. The van der Waals surface area contributed by atoms with Crippen molar-refractivity contribution >= 4 is 15.7 Å². The predicted molar refractivity (Wildman–Crippen MR) is 66.8 cm³/mol. The van der Waals surface area contributed by atoms with Gasteiger partial charge in [0.15, 0.2) is 9.84 Å². The SMILES string of the molecule is O=C(CC1CS(=O)(=O)CCN1)N1CCC(CO)C1. The molecule has 2 aliphatic rings. The monoisotopic (exact) mass is 276 g/mol. The molecule has 0 saturated carbocycles. The zero-order valence-corrected chi connectivity index (χ0v) is 11.2. The van der Waals surface area contributed by atoms with Crippen LogP contribution in [0, 0.1) is 5.92 Å². The molecule has 2 heterocycles. The van der Waals surface area contributed by atoms with E-state index in [2.05, 4.69) is 5.32 Å². The summed E-state index contributed by atoms with van der Waals surface area (Å²) in [6.07, 6.45) is 1.07. The average Bonchev–Trinajstić information content (AvgIpc) is 2.76. The summed E-state index contributed by atoms with van der Waals surface area (Å²) in [5, 5.41) is 12.1. The maximum Gasteiger partial charge on any atom is 0.224 e. The van der Waals surface area contributed by atoms with E-state index in [0.29, 0.717) is 19.6 Å². The summed E-state index contributed by atoms with van der Waals surface area (Å²) in [5.74, 6) is 0.377. The van der Waals surface area contributed by atoms with Gasteiger partial charge in [-0.05, 0) is 6.42 Å². The van der Waals surface area contributed by atoms with Crippen LogP contribution in [0.4, 0.5) is 0 Å². The molecular formula is C11H20N2O4S. The topological polar surface area (TPSA) is 86.7 Å². The molecule has 2 N–H and O–H groups in total. The minimum absolute atomic E-state index is 0.0134. The first-order valence-corrected chi connectivity index (χ1v) is 8.15. The van der Waals surface area contributed by atoms with E-state index in [4.69, 9.17) is 5.11 Å². The van der Waals surface area contributed by atoms with Gasteiger partial charge < -0.3 is 15.3 Å². The van der Waals surface area contributed by atoms with E-state index in [0.717, 1.165) is 6.42 Å². The van der Waals surface area contributed by atoms with E-state index in [1.54, 1.807) is 4.90 Å². The number of hydrogen-bond acceptors (Lipinski definition) is 5. The quantitative estimate of drug-likeness (QED) is 0.662. The van der Waals surface area contributed by atoms with Gasteiger partial charge in [0.2, 0.25) is 5.91 Å². The Kier molecular flexibility index (Phi) is 4.24. The van der Waals surface area contributed by atoms with E-state index in [-0.39, 0.29) is 42.4 Å². The molecule has 7 heteroatoms. The molecule has 0 aromatic heterocycles. The second kappa shape index (κ2) is 5.54. The summed E-state index contributed by atoms with van der Waals surface area (Å²) in [6, 6.07) is -0.260. The molecule has 18 heavy (non-hydrogen) atoms. The molecule has 0 radical (unpaired) electrons. The molecule has 0 aromatic rings. The zero-order chi connectivity index (χ0) is 13.2. The Morgan fingerprint density at radius 3 is 2.83 bits per heavy atom. The fourth-order valence-electron chi connectivity index (χ4n) is 2.55. The molecule has 2 saturated heterocycles. The molecule has 0 aromatic carbocycles. The Morgan fingerprint density at radius 1 is 1.44 bits per heavy atom. The molecule has 0 bridgehead atoms. The van der Waals surface area contributed by atoms with Crippen molar-refractivity contribution < 1.29 is 18.3 Å². The first-order valence-electron chi connectivity index (χ1n) is 6.32. The van der Waals surface area contributed by atoms with Crippen molar-refractivity contribution in [3.63, 3.8) is 0 Å². The molecule has 6 nitrogen and oxygen atoms in total. The Morgan fingerprint density at radius 2 is 2.22 bits per heavy atom. The second-order valence-electron chi connectivity index (χ2n) is 5.15. The number of likely N-dealkylation sites (tertiary alicyclic amines) is 1. The van der Waals surface area contributed by atoms with Crippen LogP contribution in [0.25, 0.3) is 0 Å². The van der Waals surface area contributed by atoms with Crippen LogP contribution in [0.15, 0.2) is 0 Å². The van der Waals surface area contributed by atoms with Crippen LogP contribution in [0.2, 0.25) is 0 Å². The van der Waals surface area contributed by atoms with E-state index < -0.39 is 9.84 Å². The number of nitrogens with one attached hydrogen (secondary N) is 1. The molecule has 2 fully saturated rings. The molecule has 0 spiro atoms. The molecule has 2 rings (SSSR count). The van der Waals surface area contributed by atoms with Gasteiger partial charge in [-0.25, -0.2) is 8.42 Å². The van der Waals surface area contributed by atoms with Gasteiger partial charge in [-0.3, -0.25) is 4.79 Å². The number of amides is 1. The first-order chi connectivity index (χ1) is 8.50. The van der Waals surface area contributed by atoms with Gasteiger partial charge >= 0.3 is 0 Å². The van der Waals surface area contributed by atoms with Gasteiger partial charge in [0.05, 0.1) is 11.5 Å². The number of rotatable bonds is 3. The van der Waals surface area contributed by atoms with Crippen LogP contribution in [0.5, 0.6) is 0 Å². The molecule has 0 aliphatic carbocycles. The Bertz CT molecular complexity index is 409. The summed E-state index contributed by atoms with van der Waals surface area (Å²) in [7, 11) is -2.99. The van der Waals surface area contributed by atoms with Crippen molar-refractivity contribution in [2.75, 3.05) is 37.7 Å². The first kappa shape index (κ1) is 13.8. The van der Waals surface area contributed by atoms with Gasteiger partial charge in [0, 0.05) is 44.6 Å². The highest BCUT2D eigenvalue weighted by Crippen LogP contribution is 2.17. The number of aliphatic hydroxyl groups is 1. The van der Waals surface area contributed by atoms with Crippen LogP contribution in [0.1, 0.15) is 12.8 Å². The Labute approximate surface area is 107 Å². The number of sulfone groups is 1. The maximum absolute atomic E-state index is 12.0. The molecule has 2 aliphatic heterocycles. The Hall–Kier alpha value is -0.660. The van der Waals surface area contributed by atoms with E-state index in [9.17, 15) is 13.2 Å². The van der Waals surface area contributed by atoms with Crippen LogP contribution in [-0.2, 0) is 14.6 Å². The van der Waals surface area contributed by atoms with Crippen molar-refractivity contribution in [3.05, 3.63) is 0 Å². The lowest BCUT2D eigenvalue weighted by atomic mass is 10.1. The lowest BCUT2D eigenvalue weighted by Gasteiger charge is -2.25. The summed E-state index contributed by atoms with van der Waals surface area (Å²) in [4.78, 5) is 13.7. The third-order valence-electron chi connectivity index (χ3n) is 3.62. The van der Waals surface area contributed by atoms with Crippen LogP contribution in [-0.4, -0.2) is 68.1 Å². The van der Waals surface area contributed by atoms with E-state index in [1.165, 1.54) is 0 Å². The normalized spacial score (nSPS) is 31.5. The highest BCUT2D eigenvalue weighted by Gasteiger charge is 2.30. The number of aliphatic hydroxyl groups excluding tert-OH is 1. The second-order valence-corrected chi connectivity index (χ2v) is 7.38. The average molecular weight is 276 g/mol.